The van der Waals surface area contributed by atoms with E-state index in [1.807, 2.05) is 44.2 Å². The van der Waals surface area contributed by atoms with Crippen LogP contribution in [0.15, 0.2) is 67.3 Å². The Bertz CT molecular complexity index is 1290. The van der Waals surface area contributed by atoms with Crippen molar-refractivity contribution in [3.63, 3.8) is 0 Å². The largest absolute Gasteiger partial charge is 0.491 e. The van der Waals surface area contributed by atoms with Crippen molar-refractivity contribution >= 4 is 5.91 Å². The maximum atomic E-state index is 13.3. The zero-order valence-electron chi connectivity index (χ0n) is 19.3. The fourth-order valence-electron chi connectivity index (χ4n) is 3.44. The molecule has 0 unspecified atom stereocenters. The first-order valence-electron chi connectivity index (χ1n) is 10.9. The molecular weight excluding hydrogens is 430 g/mol. The first-order valence-corrected chi connectivity index (χ1v) is 10.9. The maximum Gasteiger partial charge on any atom is 0.257 e. The van der Waals surface area contributed by atoms with Crippen molar-refractivity contribution in [3.8, 4) is 34.1 Å². The molecular formula is C26H25N5O3. The van der Waals surface area contributed by atoms with Crippen LogP contribution in [-0.4, -0.2) is 39.6 Å². The Balaban J connectivity index is 1.65. The van der Waals surface area contributed by atoms with Crippen LogP contribution >= 0.6 is 0 Å². The highest BCUT2D eigenvalue weighted by Gasteiger charge is 2.18. The van der Waals surface area contributed by atoms with E-state index in [1.54, 1.807) is 44.0 Å². The molecule has 0 fully saturated rings. The number of aromatic nitrogens is 4. The number of carbonyl (C=O) groups is 1. The molecule has 4 aromatic rings. The summed E-state index contributed by atoms with van der Waals surface area (Å²) in [7, 11) is 1.56. The minimum atomic E-state index is -0.286. The molecule has 0 aliphatic rings. The van der Waals surface area contributed by atoms with Crippen molar-refractivity contribution in [2.45, 2.75) is 20.4 Å². The third kappa shape index (κ3) is 5.17. The number of hydrogen-bond donors (Lipinski definition) is 1. The Morgan fingerprint density at radius 3 is 2.62 bits per heavy atom. The number of aryl methyl sites for hydroxylation is 1. The van der Waals surface area contributed by atoms with Gasteiger partial charge in [-0.15, -0.1) is 0 Å². The number of amides is 1. The second-order valence-electron chi connectivity index (χ2n) is 7.51. The molecule has 172 valence electrons. The smallest absolute Gasteiger partial charge is 0.257 e. The van der Waals surface area contributed by atoms with Gasteiger partial charge in [0.05, 0.1) is 37.2 Å². The summed E-state index contributed by atoms with van der Waals surface area (Å²) in [5.74, 6) is 0.644. The lowest BCUT2D eigenvalue weighted by Gasteiger charge is -2.13. The average molecular weight is 456 g/mol. The molecule has 0 saturated carbocycles. The summed E-state index contributed by atoms with van der Waals surface area (Å²) in [6, 6.07) is 12.9. The molecule has 1 amide bonds. The van der Waals surface area contributed by atoms with E-state index < -0.39 is 0 Å². The summed E-state index contributed by atoms with van der Waals surface area (Å²) in [6.07, 6.45) is 6.94. The quantitative estimate of drug-likeness (QED) is 0.424. The first-order chi connectivity index (χ1) is 16.6. The molecule has 0 radical (unpaired) electrons. The van der Waals surface area contributed by atoms with Crippen LogP contribution in [0.1, 0.15) is 28.5 Å². The third-order valence-electron chi connectivity index (χ3n) is 5.06. The van der Waals surface area contributed by atoms with Gasteiger partial charge in [-0.1, -0.05) is 6.07 Å². The minimum absolute atomic E-state index is 0.209. The predicted molar refractivity (Wildman–Crippen MR) is 129 cm³/mol. The van der Waals surface area contributed by atoms with E-state index in [2.05, 4.69) is 25.3 Å². The molecule has 0 aliphatic heterocycles. The summed E-state index contributed by atoms with van der Waals surface area (Å²) >= 11 is 0. The Kier molecular flexibility index (Phi) is 7.07. The number of nitrogens with one attached hydrogen (secondary N) is 1. The second kappa shape index (κ2) is 10.5. The normalized spacial score (nSPS) is 10.6. The molecule has 34 heavy (non-hydrogen) atoms. The van der Waals surface area contributed by atoms with Gasteiger partial charge in [-0.3, -0.25) is 19.7 Å². The maximum absolute atomic E-state index is 13.3. The number of methoxy groups -OCH3 is 1. The Hall–Kier alpha value is -4.33. The summed E-state index contributed by atoms with van der Waals surface area (Å²) in [5.41, 5.74) is 4.87. The monoisotopic (exact) mass is 455 g/mol. The molecule has 0 aliphatic carbocycles. The van der Waals surface area contributed by atoms with Crippen molar-refractivity contribution in [1.29, 1.82) is 0 Å². The van der Waals surface area contributed by atoms with Crippen LogP contribution in [-0.2, 0) is 6.54 Å². The van der Waals surface area contributed by atoms with Crippen molar-refractivity contribution < 1.29 is 14.3 Å². The van der Waals surface area contributed by atoms with Crippen LogP contribution in [0.4, 0.5) is 0 Å². The van der Waals surface area contributed by atoms with Gasteiger partial charge in [-0.05, 0) is 55.8 Å². The molecule has 0 saturated heterocycles. The highest BCUT2D eigenvalue weighted by molar-refractivity contribution is 6.00. The Labute approximate surface area is 198 Å². The van der Waals surface area contributed by atoms with Crippen LogP contribution < -0.4 is 14.8 Å². The van der Waals surface area contributed by atoms with Crippen LogP contribution in [0.25, 0.3) is 22.5 Å². The Morgan fingerprint density at radius 1 is 1.03 bits per heavy atom. The topological polar surface area (TPSA) is 99.1 Å². The van der Waals surface area contributed by atoms with Gasteiger partial charge >= 0.3 is 0 Å². The standard InChI is InChI=1S/C26H25N5O3/c1-4-34-26-23(33-3)9-8-20(31-26)16-30-25(32)21-12-19(18-11-17(2)13-27-14-18)15-29-24(21)22-7-5-6-10-28-22/h5-15H,4,16H2,1-3H3,(H,30,32). The van der Waals surface area contributed by atoms with Gasteiger partial charge in [-0.25, -0.2) is 4.98 Å². The van der Waals surface area contributed by atoms with Crippen molar-refractivity contribution in [2.24, 2.45) is 0 Å². The van der Waals surface area contributed by atoms with Crippen LogP contribution in [0.2, 0.25) is 0 Å². The lowest BCUT2D eigenvalue weighted by molar-refractivity contribution is 0.0950. The van der Waals surface area contributed by atoms with Gasteiger partial charge in [0, 0.05) is 35.9 Å². The molecule has 8 nitrogen and oxygen atoms in total. The van der Waals surface area contributed by atoms with Crippen LogP contribution in [0.5, 0.6) is 11.6 Å². The average Bonchev–Trinajstić information content (AvgIpc) is 2.88. The SMILES string of the molecule is CCOc1nc(CNC(=O)c2cc(-c3cncc(C)c3)cnc2-c2ccccn2)ccc1OC. The molecule has 0 bridgehead atoms. The Morgan fingerprint density at radius 2 is 1.88 bits per heavy atom. The van der Waals surface area contributed by atoms with Gasteiger partial charge < -0.3 is 14.8 Å². The van der Waals surface area contributed by atoms with Crippen LogP contribution in [0.3, 0.4) is 0 Å². The molecule has 0 aromatic carbocycles. The zero-order chi connectivity index (χ0) is 23.9. The van der Waals surface area contributed by atoms with Crippen LogP contribution in [0, 0.1) is 6.92 Å². The van der Waals surface area contributed by atoms with E-state index in [9.17, 15) is 4.79 Å². The first kappa shape index (κ1) is 22.8. The van der Waals surface area contributed by atoms with Gasteiger partial charge in [-0.2, -0.15) is 0 Å². The third-order valence-corrected chi connectivity index (χ3v) is 5.06. The molecule has 4 heterocycles. The van der Waals surface area contributed by atoms with Gasteiger partial charge in [0.15, 0.2) is 5.75 Å². The van der Waals surface area contributed by atoms with Gasteiger partial charge in [0.2, 0.25) is 0 Å². The van der Waals surface area contributed by atoms with Crippen molar-refractivity contribution in [3.05, 3.63) is 84.1 Å². The second-order valence-corrected chi connectivity index (χ2v) is 7.51. The van der Waals surface area contributed by atoms with E-state index >= 15 is 0 Å². The molecule has 0 spiro atoms. The molecule has 4 rings (SSSR count). The number of hydrogen-bond acceptors (Lipinski definition) is 7. The fourth-order valence-corrected chi connectivity index (χ4v) is 3.44. The van der Waals surface area contributed by atoms with E-state index in [1.165, 1.54) is 0 Å². The summed E-state index contributed by atoms with van der Waals surface area (Å²) in [5, 5.41) is 2.94. The molecule has 8 heteroatoms. The number of pyridine rings is 4. The van der Waals surface area contributed by atoms with E-state index in [0.29, 0.717) is 40.9 Å². The van der Waals surface area contributed by atoms with E-state index in [4.69, 9.17) is 9.47 Å². The lowest BCUT2D eigenvalue weighted by Crippen LogP contribution is -2.24. The van der Waals surface area contributed by atoms with E-state index in [0.717, 1.165) is 16.7 Å². The van der Waals surface area contributed by atoms with Gasteiger partial charge in [0.25, 0.3) is 11.8 Å². The number of ether oxygens (including phenoxy) is 2. The summed E-state index contributed by atoms with van der Waals surface area (Å²) in [6.45, 7) is 4.51. The van der Waals surface area contributed by atoms with E-state index in [-0.39, 0.29) is 12.5 Å². The zero-order valence-corrected chi connectivity index (χ0v) is 19.3. The number of rotatable bonds is 8. The fraction of sp³-hybridized carbons (Fsp3) is 0.192. The summed E-state index contributed by atoms with van der Waals surface area (Å²) in [4.78, 5) is 31.0. The number of carbonyl (C=O) groups excluding carboxylic acids is 1. The summed E-state index contributed by atoms with van der Waals surface area (Å²) < 4.78 is 10.8. The van der Waals surface area contributed by atoms with Crippen molar-refractivity contribution in [2.75, 3.05) is 13.7 Å². The minimum Gasteiger partial charge on any atom is -0.491 e. The highest BCUT2D eigenvalue weighted by Crippen LogP contribution is 2.27. The molecule has 0 atom stereocenters. The number of nitrogens with zero attached hydrogens (tertiary/aromatic N) is 4. The van der Waals surface area contributed by atoms with Crippen molar-refractivity contribution in [1.82, 2.24) is 25.3 Å². The lowest BCUT2D eigenvalue weighted by atomic mass is 10.0. The molecule has 4 aromatic heterocycles. The van der Waals surface area contributed by atoms with Gasteiger partial charge in [0.1, 0.15) is 5.69 Å². The molecule has 1 N–H and O–H groups in total. The highest BCUT2D eigenvalue weighted by atomic mass is 16.5. The predicted octanol–water partition coefficient (Wildman–Crippen LogP) is 4.25.